The van der Waals surface area contributed by atoms with Gasteiger partial charge in [0.05, 0.1) is 12.4 Å². The molecular weight excluding hydrogens is 190 g/mol. The lowest BCUT2D eigenvalue weighted by Crippen LogP contribution is -2.29. The second kappa shape index (κ2) is 5.24. The van der Waals surface area contributed by atoms with Crippen LogP contribution in [0.1, 0.15) is 6.42 Å². The van der Waals surface area contributed by atoms with E-state index >= 15 is 0 Å². The third kappa shape index (κ3) is 3.36. The number of hydrogen-bond donors (Lipinski definition) is 2. The Morgan fingerprint density at radius 3 is 3.00 bits per heavy atom. The number of aliphatic hydroxyl groups is 1. The van der Waals surface area contributed by atoms with E-state index in [1.54, 1.807) is 11.8 Å². The van der Waals surface area contributed by atoms with Crippen LogP contribution in [0, 0.1) is 5.92 Å². The molecule has 1 atom stereocenters. The highest BCUT2D eigenvalue weighted by atomic mass is 32.2. The summed E-state index contributed by atoms with van der Waals surface area (Å²) >= 11 is 1.58. The molecule has 13 heavy (non-hydrogen) atoms. The van der Waals surface area contributed by atoms with Crippen molar-refractivity contribution in [1.29, 1.82) is 0 Å². The number of amides is 1. The van der Waals surface area contributed by atoms with Crippen LogP contribution in [-0.2, 0) is 9.59 Å². The highest BCUT2D eigenvalue weighted by Gasteiger charge is 2.26. The lowest BCUT2D eigenvalue weighted by molar-refractivity contribution is -0.126. The Morgan fingerprint density at radius 2 is 2.46 bits per heavy atom. The average molecular weight is 203 g/mol. The number of rotatable bonds is 4. The standard InChI is InChI=1S/C8H13NO3S/c10-2-1-9-8(12)3-6-4-13-5-7(6)11/h6,10H,1-5H2,(H,9,12). The fourth-order valence-electron chi connectivity index (χ4n) is 1.18. The molecule has 74 valence electrons. The molecule has 0 aromatic rings. The molecule has 1 amide bonds. The van der Waals surface area contributed by atoms with Crippen molar-refractivity contribution in [3.05, 3.63) is 0 Å². The first-order valence-corrected chi connectivity index (χ1v) is 5.37. The topological polar surface area (TPSA) is 66.4 Å². The SMILES string of the molecule is O=C(CC1CSCC1=O)NCCO. The first kappa shape index (κ1) is 10.5. The molecule has 1 aliphatic heterocycles. The zero-order chi connectivity index (χ0) is 9.68. The van der Waals surface area contributed by atoms with Gasteiger partial charge in [0.1, 0.15) is 5.78 Å². The van der Waals surface area contributed by atoms with Crippen LogP contribution < -0.4 is 5.32 Å². The van der Waals surface area contributed by atoms with Gasteiger partial charge in [-0.25, -0.2) is 0 Å². The molecule has 0 aromatic heterocycles. The normalized spacial score (nSPS) is 21.9. The molecule has 1 fully saturated rings. The molecule has 1 unspecified atom stereocenters. The molecule has 0 bridgehead atoms. The van der Waals surface area contributed by atoms with Gasteiger partial charge in [-0.15, -0.1) is 0 Å². The summed E-state index contributed by atoms with van der Waals surface area (Å²) in [6.07, 6.45) is 0.270. The number of carbonyl (C=O) groups excluding carboxylic acids is 2. The molecule has 4 nitrogen and oxygen atoms in total. The van der Waals surface area contributed by atoms with Crippen LogP contribution in [0.4, 0.5) is 0 Å². The number of ketones is 1. The molecule has 0 saturated carbocycles. The highest BCUT2D eigenvalue weighted by molar-refractivity contribution is 8.00. The van der Waals surface area contributed by atoms with E-state index in [0.717, 1.165) is 5.75 Å². The maximum absolute atomic E-state index is 11.1. The van der Waals surface area contributed by atoms with Crippen molar-refractivity contribution >= 4 is 23.5 Å². The molecule has 1 heterocycles. The summed E-state index contributed by atoms with van der Waals surface area (Å²) in [5, 5.41) is 11.0. The van der Waals surface area contributed by atoms with Gasteiger partial charge in [0.25, 0.3) is 0 Å². The third-order valence-electron chi connectivity index (χ3n) is 1.88. The van der Waals surface area contributed by atoms with Crippen LogP contribution >= 0.6 is 11.8 Å². The van der Waals surface area contributed by atoms with Gasteiger partial charge >= 0.3 is 0 Å². The Hall–Kier alpha value is -0.550. The number of hydrogen-bond acceptors (Lipinski definition) is 4. The van der Waals surface area contributed by atoms with Gasteiger partial charge < -0.3 is 10.4 Å². The minimum Gasteiger partial charge on any atom is -0.395 e. The van der Waals surface area contributed by atoms with E-state index in [1.807, 2.05) is 0 Å². The maximum Gasteiger partial charge on any atom is 0.220 e. The van der Waals surface area contributed by atoms with Crippen molar-refractivity contribution in [2.24, 2.45) is 5.92 Å². The van der Waals surface area contributed by atoms with Crippen LogP contribution in [0.5, 0.6) is 0 Å². The first-order valence-electron chi connectivity index (χ1n) is 4.22. The Bertz CT molecular complexity index is 208. The summed E-state index contributed by atoms with van der Waals surface area (Å²) in [6, 6.07) is 0. The van der Waals surface area contributed by atoms with Gasteiger partial charge in [0.15, 0.2) is 0 Å². The molecule has 0 aromatic carbocycles. The molecule has 5 heteroatoms. The van der Waals surface area contributed by atoms with Crippen molar-refractivity contribution in [3.8, 4) is 0 Å². The first-order chi connectivity index (χ1) is 6.24. The lowest BCUT2D eigenvalue weighted by Gasteiger charge is -2.06. The highest BCUT2D eigenvalue weighted by Crippen LogP contribution is 2.22. The fourth-order valence-corrected chi connectivity index (χ4v) is 2.32. The summed E-state index contributed by atoms with van der Waals surface area (Å²) in [5.74, 6) is 1.21. The van der Waals surface area contributed by atoms with Gasteiger partial charge in [0, 0.05) is 24.6 Å². The lowest BCUT2D eigenvalue weighted by atomic mass is 10.0. The van der Waals surface area contributed by atoms with E-state index < -0.39 is 0 Å². The zero-order valence-corrected chi connectivity index (χ0v) is 8.10. The van der Waals surface area contributed by atoms with Gasteiger partial charge in [-0.05, 0) is 0 Å². The van der Waals surface area contributed by atoms with Crippen LogP contribution in [0.15, 0.2) is 0 Å². The summed E-state index contributed by atoms with van der Waals surface area (Å²) < 4.78 is 0. The Labute approximate surface area is 81.1 Å². The molecule has 1 aliphatic rings. The van der Waals surface area contributed by atoms with Crippen molar-refractivity contribution in [2.75, 3.05) is 24.7 Å². The number of aliphatic hydroxyl groups excluding tert-OH is 1. The number of thioether (sulfide) groups is 1. The molecule has 2 N–H and O–H groups in total. The van der Waals surface area contributed by atoms with Crippen molar-refractivity contribution in [1.82, 2.24) is 5.32 Å². The van der Waals surface area contributed by atoms with Crippen LogP contribution in [0.25, 0.3) is 0 Å². The number of carbonyl (C=O) groups is 2. The number of nitrogens with one attached hydrogen (secondary N) is 1. The van der Waals surface area contributed by atoms with E-state index in [0.29, 0.717) is 5.75 Å². The Morgan fingerprint density at radius 1 is 1.69 bits per heavy atom. The predicted molar refractivity (Wildman–Crippen MR) is 50.5 cm³/mol. The Kier molecular flexibility index (Phi) is 4.24. The summed E-state index contributed by atoms with van der Waals surface area (Å²) in [4.78, 5) is 22.3. The van der Waals surface area contributed by atoms with Crippen LogP contribution in [0.3, 0.4) is 0 Å². The predicted octanol–water partition coefficient (Wildman–Crippen LogP) is -0.583. The molecule has 1 saturated heterocycles. The summed E-state index contributed by atoms with van der Waals surface area (Å²) in [5.41, 5.74) is 0. The van der Waals surface area contributed by atoms with Crippen LogP contribution in [0.2, 0.25) is 0 Å². The molecule has 0 radical (unpaired) electrons. The summed E-state index contributed by atoms with van der Waals surface area (Å²) in [6.45, 7) is 0.214. The smallest absolute Gasteiger partial charge is 0.220 e. The van der Waals surface area contributed by atoms with E-state index in [1.165, 1.54) is 0 Å². The monoisotopic (exact) mass is 203 g/mol. The van der Waals surface area contributed by atoms with E-state index in [-0.39, 0.29) is 37.2 Å². The fraction of sp³-hybridized carbons (Fsp3) is 0.750. The molecule has 1 rings (SSSR count). The number of Topliss-reactive ketones (excluding diaryl/α,β-unsaturated/α-hetero) is 1. The zero-order valence-electron chi connectivity index (χ0n) is 7.28. The third-order valence-corrected chi connectivity index (χ3v) is 3.01. The minimum atomic E-state index is -0.144. The van der Waals surface area contributed by atoms with Gasteiger partial charge in [0.2, 0.25) is 5.91 Å². The largest absolute Gasteiger partial charge is 0.395 e. The second-order valence-corrected chi connectivity index (χ2v) is 3.99. The van der Waals surface area contributed by atoms with E-state index in [9.17, 15) is 9.59 Å². The van der Waals surface area contributed by atoms with Gasteiger partial charge in [-0.3, -0.25) is 9.59 Å². The maximum atomic E-state index is 11.1. The van der Waals surface area contributed by atoms with Crippen molar-refractivity contribution in [2.45, 2.75) is 6.42 Å². The average Bonchev–Trinajstić information content (AvgIpc) is 2.48. The summed E-state index contributed by atoms with van der Waals surface area (Å²) in [7, 11) is 0. The molecule has 0 spiro atoms. The Balaban J connectivity index is 2.23. The second-order valence-electron chi connectivity index (χ2n) is 2.96. The van der Waals surface area contributed by atoms with Crippen LogP contribution in [-0.4, -0.2) is 41.5 Å². The van der Waals surface area contributed by atoms with E-state index in [2.05, 4.69) is 5.32 Å². The van der Waals surface area contributed by atoms with Gasteiger partial charge in [-0.2, -0.15) is 11.8 Å². The molecule has 0 aliphatic carbocycles. The van der Waals surface area contributed by atoms with Crippen molar-refractivity contribution < 1.29 is 14.7 Å². The van der Waals surface area contributed by atoms with Gasteiger partial charge in [-0.1, -0.05) is 0 Å². The van der Waals surface area contributed by atoms with Crippen molar-refractivity contribution in [3.63, 3.8) is 0 Å². The quantitative estimate of drug-likeness (QED) is 0.641. The van der Waals surface area contributed by atoms with E-state index in [4.69, 9.17) is 5.11 Å². The molecular formula is C8H13NO3S. The minimum absolute atomic E-state index is 0.0564.